The average Bonchev–Trinajstić information content (AvgIpc) is 3.39. The van der Waals surface area contributed by atoms with Crippen LogP contribution in [0.2, 0.25) is 10.0 Å². The van der Waals surface area contributed by atoms with Gasteiger partial charge in [0, 0.05) is 47.3 Å². The first-order valence-electron chi connectivity index (χ1n) is 14.2. The van der Waals surface area contributed by atoms with Gasteiger partial charge in [0.05, 0.1) is 16.3 Å². The van der Waals surface area contributed by atoms with Crippen LogP contribution in [0.5, 0.6) is 0 Å². The number of aromatic nitrogens is 5. The number of pyridine rings is 1. The highest BCUT2D eigenvalue weighted by Crippen LogP contribution is 2.32. The molecule has 0 radical (unpaired) electrons. The zero-order valence-electron chi connectivity index (χ0n) is 23.7. The molecule has 1 fully saturated rings. The van der Waals surface area contributed by atoms with Gasteiger partial charge in [0.15, 0.2) is 17.3 Å². The van der Waals surface area contributed by atoms with Crippen LogP contribution in [-0.2, 0) is 6.42 Å². The molecule has 4 heterocycles. The summed E-state index contributed by atoms with van der Waals surface area (Å²) in [6.45, 7) is 9.00. The molecule has 9 nitrogen and oxygen atoms in total. The maximum absolute atomic E-state index is 12.0. The number of nitrogens with one attached hydrogen (secondary N) is 1. The number of piperidine rings is 1. The highest BCUT2D eigenvalue weighted by atomic mass is 35.5. The Bertz CT molecular complexity index is 1550. The van der Waals surface area contributed by atoms with Crippen molar-refractivity contribution >= 4 is 46.4 Å². The number of nitrogen functional groups attached to an aromatic ring is 1. The normalized spacial score (nSPS) is 14.7. The molecule has 11 heteroatoms. The molecule has 0 bridgehead atoms. The second kappa shape index (κ2) is 12.7. The van der Waals surface area contributed by atoms with Crippen LogP contribution < -0.4 is 11.1 Å². The predicted octanol–water partition coefficient (Wildman–Crippen LogP) is 6.30. The topological polar surface area (TPSA) is 114 Å². The Kier molecular flexibility index (Phi) is 9.06. The minimum Gasteiger partial charge on any atom is -0.383 e. The fourth-order valence-electron chi connectivity index (χ4n) is 5.25. The van der Waals surface area contributed by atoms with E-state index in [1.54, 1.807) is 22.7 Å². The van der Waals surface area contributed by atoms with Crippen molar-refractivity contribution in [2.75, 3.05) is 30.7 Å². The van der Waals surface area contributed by atoms with Crippen molar-refractivity contribution in [3.63, 3.8) is 0 Å². The lowest BCUT2D eigenvalue weighted by atomic mass is 9.95. The van der Waals surface area contributed by atoms with Crippen LogP contribution in [0.15, 0.2) is 36.4 Å². The van der Waals surface area contributed by atoms with Crippen LogP contribution in [0.4, 0.5) is 11.8 Å². The van der Waals surface area contributed by atoms with Crippen molar-refractivity contribution in [2.45, 2.75) is 64.8 Å². The van der Waals surface area contributed by atoms with E-state index in [2.05, 4.69) is 29.0 Å². The van der Waals surface area contributed by atoms with Crippen LogP contribution in [0.25, 0.3) is 16.9 Å². The van der Waals surface area contributed by atoms with Gasteiger partial charge in [-0.1, -0.05) is 30.1 Å². The van der Waals surface area contributed by atoms with Gasteiger partial charge < -0.3 is 16.0 Å². The van der Waals surface area contributed by atoms with Crippen molar-refractivity contribution in [3.05, 3.63) is 63.5 Å². The van der Waals surface area contributed by atoms with Gasteiger partial charge in [-0.2, -0.15) is 4.52 Å². The van der Waals surface area contributed by atoms with Crippen LogP contribution in [-0.4, -0.2) is 60.9 Å². The first kappa shape index (κ1) is 29.2. The van der Waals surface area contributed by atoms with Crippen LogP contribution in [0, 0.1) is 0 Å². The van der Waals surface area contributed by atoms with E-state index >= 15 is 0 Å². The Balaban J connectivity index is 1.37. The highest BCUT2D eigenvalue weighted by Gasteiger charge is 2.26. The van der Waals surface area contributed by atoms with Crippen molar-refractivity contribution in [2.24, 2.45) is 0 Å². The summed E-state index contributed by atoms with van der Waals surface area (Å²) in [5.41, 5.74) is 9.55. The number of ketones is 1. The van der Waals surface area contributed by atoms with Gasteiger partial charge in [-0.05, 0) is 83.0 Å². The molecule has 3 N–H and O–H groups in total. The number of aryl methyl sites for hydroxylation is 1. The van der Waals surface area contributed by atoms with Gasteiger partial charge in [0.2, 0.25) is 5.95 Å². The van der Waals surface area contributed by atoms with E-state index in [1.807, 2.05) is 25.1 Å². The van der Waals surface area contributed by atoms with Crippen molar-refractivity contribution in [3.8, 4) is 11.3 Å². The summed E-state index contributed by atoms with van der Waals surface area (Å²) in [6.07, 6.45) is 3.93. The third kappa shape index (κ3) is 6.63. The zero-order chi connectivity index (χ0) is 29.1. The number of carbonyl (C=O) groups is 1. The standard InChI is InChI=1S/C30H36Cl2N8O/c1-4-26(41)23-10-8-21(35-28(23)33)6-5-13-34-30-36-25(22-9-7-20(31)16-24(22)32)17-27-37-29(38-40(27)30)19-11-14-39(15-12-19)18(2)3/h7-10,16-19H,4-6,11-15H2,1-3H3,(H2,33,35)(H,34,36). The maximum Gasteiger partial charge on any atom is 0.226 e. The van der Waals surface area contributed by atoms with E-state index in [0.717, 1.165) is 55.1 Å². The summed E-state index contributed by atoms with van der Waals surface area (Å²) in [7, 11) is 0. The summed E-state index contributed by atoms with van der Waals surface area (Å²) in [5.74, 6) is 2.03. The molecule has 41 heavy (non-hydrogen) atoms. The summed E-state index contributed by atoms with van der Waals surface area (Å²) in [5, 5.41) is 9.45. The first-order valence-corrected chi connectivity index (χ1v) is 15.0. The maximum atomic E-state index is 12.0. The molecule has 0 spiro atoms. The molecule has 0 amide bonds. The van der Waals surface area contributed by atoms with Gasteiger partial charge in [-0.25, -0.2) is 15.0 Å². The molecule has 216 valence electrons. The molecule has 0 unspecified atom stereocenters. The largest absolute Gasteiger partial charge is 0.383 e. The van der Waals surface area contributed by atoms with Gasteiger partial charge in [0.1, 0.15) is 5.82 Å². The predicted molar refractivity (Wildman–Crippen MR) is 165 cm³/mol. The molecule has 1 aliphatic heterocycles. The van der Waals surface area contributed by atoms with Crippen molar-refractivity contribution in [1.29, 1.82) is 0 Å². The number of nitrogens with zero attached hydrogens (tertiary/aromatic N) is 6. The molecule has 0 saturated carbocycles. The van der Waals surface area contributed by atoms with Crippen molar-refractivity contribution < 1.29 is 4.79 Å². The average molecular weight is 596 g/mol. The number of hydrogen-bond acceptors (Lipinski definition) is 8. The summed E-state index contributed by atoms with van der Waals surface area (Å²) in [4.78, 5) is 28.8. The Hall–Kier alpha value is -3.27. The van der Waals surface area contributed by atoms with E-state index in [0.29, 0.717) is 58.6 Å². The molecular formula is C30H36Cl2N8O. The second-order valence-electron chi connectivity index (χ2n) is 10.8. The second-order valence-corrected chi connectivity index (χ2v) is 11.6. The molecule has 5 rings (SSSR count). The minimum atomic E-state index is -0.00310. The Morgan fingerprint density at radius 3 is 2.56 bits per heavy atom. The number of halogens is 2. The number of likely N-dealkylation sites (tertiary alicyclic amines) is 1. The van der Waals surface area contributed by atoms with Gasteiger partial charge in [0.25, 0.3) is 0 Å². The lowest BCUT2D eigenvalue weighted by Gasteiger charge is -2.33. The molecule has 0 aliphatic carbocycles. The SMILES string of the molecule is CCC(=O)c1ccc(CCCNc2nc(-c3ccc(Cl)cc3Cl)cc3nc(C4CCN(C(C)C)CC4)nn23)nc1N. The van der Waals surface area contributed by atoms with E-state index in [9.17, 15) is 4.79 Å². The molecule has 4 aromatic rings. The number of nitrogens with two attached hydrogens (primary N) is 1. The third-order valence-electron chi connectivity index (χ3n) is 7.67. The lowest BCUT2D eigenvalue weighted by molar-refractivity contribution is 0.0988. The Labute approximate surface area is 250 Å². The Morgan fingerprint density at radius 2 is 1.88 bits per heavy atom. The molecule has 3 aromatic heterocycles. The van der Waals surface area contributed by atoms with Crippen LogP contribution >= 0.6 is 23.2 Å². The number of hydrogen-bond donors (Lipinski definition) is 2. The van der Waals surface area contributed by atoms with Crippen LogP contribution in [0.3, 0.4) is 0 Å². The smallest absolute Gasteiger partial charge is 0.226 e. The molecule has 1 aliphatic rings. The highest BCUT2D eigenvalue weighted by molar-refractivity contribution is 6.36. The van der Waals surface area contributed by atoms with Gasteiger partial charge in [-0.3, -0.25) is 4.79 Å². The number of carbonyl (C=O) groups excluding carboxylic acids is 1. The third-order valence-corrected chi connectivity index (χ3v) is 8.22. The Morgan fingerprint density at radius 1 is 1.10 bits per heavy atom. The number of anilines is 2. The quantitative estimate of drug-likeness (QED) is 0.162. The van der Waals surface area contributed by atoms with Gasteiger partial charge >= 0.3 is 0 Å². The van der Waals surface area contributed by atoms with Crippen molar-refractivity contribution in [1.82, 2.24) is 29.5 Å². The summed E-state index contributed by atoms with van der Waals surface area (Å²) in [6, 6.07) is 11.5. The molecule has 0 atom stereocenters. The van der Waals surface area contributed by atoms with E-state index in [1.165, 1.54) is 0 Å². The minimum absolute atomic E-state index is 0.00310. The van der Waals surface area contributed by atoms with Crippen LogP contribution in [0.1, 0.15) is 74.2 Å². The summed E-state index contributed by atoms with van der Waals surface area (Å²) >= 11 is 12.7. The summed E-state index contributed by atoms with van der Waals surface area (Å²) < 4.78 is 1.79. The number of rotatable bonds is 10. The lowest BCUT2D eigenvalue weighted by Crippen LogP contribution is -2.38. The molecular weight excluding hydrogens is 559 g/mol. The zero-order valence-corrected chi connectivity index (χ0v) is 25.2. The fraction of sp³-hybridized carbons (Fsp3) is 0.433. The van der Waals surface area contributed by atoms with E-state index < -0.39 is 0 Å². The number of Topliss-reactive ketones (excluding diaryl/α,β-unsaturated/α-hetero) is 1. The first-order chi connectivity index (χ1) is 19.7. The monoisotopic (exact) mass is 594 g/mol. The van der Waals surface area contributed by atoms with E-state index in [4.69, 9.17) is 44.0 Å². The fourth-order valence-corrected chi connectivity index (χ4v) is 5.76. The molecule has 1 saturated heterocycles. The van der Waals surface area contributed by atoms with E-state index in [-0.39, 0.29) is 11.6 Å². The van der Waals surface area contributed by atoms with Gasteiger partial charge in [-0.15, -0.1) is 5.10 Å². The molecule has 1 aromatic carbocycles. The number of fused-ring (bicyclic) bond motifs is 1. The number of benzene rings is 1.